The SMILES string of the molecule is CCOC1C=CN(c2ccc(F)c(CO[PH](O)(O)N=O)c2)C(=O)C1C(=O)Nc1ccc(Oc2ccnc(N)c2Cl)c(F)c1. The Labute approximate surface area is 248 Å². The fourth-order valence-electron chi connectivity index (χ4n) is 4.01. The van der Waals surface area contributed by atoms with Crippen molar-refractivity contribution in [1.29, 1.82) is 0 Å². The maximum absolute atomic E-state index is 14.9. The molecular weight excluding hydrogens is 615 g/mol. The number of anilines is 3. The van der Waals surface area contributed by atoms with Crippen LogP contribution in [0.1, 0.15) is 12.5 Å². The van der Waals surface area contributed by atoms with Crippen LogP contribution in [0.15, 0.2) is 65.9 Å². The molecule has 5 N–H and O–H groups in total. The first-order valence-corrected chi connectivity index (χ1v) is 14.6. The molecule has 2 amide bonds. The Balaban J connectivity index is 1.54. The van der Waals surface area contributed by atoms with Crippen molar-refractivity contribution in [3.63, 3.8) is 0 Å². The molecule has 3 aromatic rings. The Kier molecular flexibility index (Phi) is 9.96. The minimum atomic E-state index is -4.88. The van der Waals surface area contributed by atoms with Gasteiger partial charge in [0.2, 0.25) is 0 Å². The van der Waals surface area contributed by atoms with Crippen molar-refractivity contribution in [2.45, 2.75) is 19.6 Å². The molecule has 1 aliphatic heterocycles. The molecule has 0 aliphatic carbocycles. The number of nitrogens with two attached hydrogens (primary N) is 1. The number of ether oxygens (including phenoxy) is 2. The van der Waals surface area contributed by atoms with Gasteiger partial charge in [0.15, 0.2) is 17.3 Å². The van der Waals surface area contributed by atoms with E-state index in [4.69, 9.17) is 26.8 Å². The van der Waals surface area contributed by atoms with E-state index in [1.807, 2.05) is 0 Å². The van der Waals surface area contributed by atoms with Crippen LogP contribution >= 0.6 is 19.7 Å². The molecule has 13 nitrogen and oxygen atoms in total. The van der Waals surface area contributed by atoms with Crippen LogP contribution in [-0.4, -0.2) is 39.3 Å². The van der Waals surface area contributed by atoms with Gasteiger partial charge in [-0.1, -0.05) is 11.6 Å². The predicted molar refractivity (Wildman–Crippen MR) is 154 cm³/mol. The fourth-order valence-corrected chi connectivity index (χ4v) is 4.56. The van der Waals surface area contributed by atoms with E-state index in [1.165, 1.54) is 48.8 Å². The number of benzene rings is 2. The van der Waals surface area contributed by atoms with Crippen molar-refractivity contribution in [3.8, 4) is 11.5 Å². The van der Waals surface area contributed by atoms with Crippen LogP contribution in [0.4, 0.5) is 26.0 Å². The number of nitrogens with one attached hydrogen (secondary N) is 1. The molecule has 4 rings (SSSR count). The first-order valence-electron chi connectivity index (χ1n) is 12.5. The van der Waals surface area contributed by atoms with Crippen LogP contribution in [0.2, 0.25) is 5.02 Å². The summed E-state index contributed by atoms with van der Waals surface area (Å²) in [5.41, 5.74) is 5.52. The fraction of sp³-hybridized carbons (Fsp3) is 0.192. The number of amides is 2. The number of hydrogen-bond acceptors (Lipinski definition) is 11. The number of halogens is 3. The van der Waals surface area contributed by atoms with E-state index in [2.05, 4.69) is 19.8 Å². The molecule has 1 aromatic heterocycles. The van der Waals surface area contributed by atoms with Crippen LogP contribution < -0.4 is 20.7 Å². The number of pyridine rings is 1. The molecule has 2 aromatic carbocycles. The third kappa shape index (κ3) is 7.46. The van der Waals surface area contributed by atoms with Gasteiger partial charge in [-0.05, 0) is 6.07 Å². The smallest absolute Gasteiger partial charge is 0.453 e. The minimum Gasteiger partial charge on any atom is -0.453 e. The van der Waals surface area contributed by atoms with Crippen molar-refractivity contribution < 1.29 is 42.2 Å². The molecule has 2 unspecified atom stereocenters. The summed E-state index contributed by atoms with van der Waals surface area (Å²) in [7, 11) is -4.88. The Hall–Kier alpha value is -4.11. The number of carbonyl (C=O) groups is 2. The second-order valence-corrected chi connectivity index (χ2v) is 10.9. The van der Waals surface area contributed by atoms with Crippen molar-refractivity contribution in [2.24, 2.45) is 10.9 Å². The maximum atomic E-state index is 14.9. The molecule has 0 bridgehead atoms. The van der Waals surface area contributed by atoms with Gasteiger partial charge in [-0.25, -0.2) is 9.37 Å². The molecular formula is C26H25ClF2N5O8P. The molecule has 2 heterocycles. The Bertz CT molecular complexity index is 1580. The van der Waals surface area contributed by atoms with Crippen LogP contribution in [0, 0.1) is 22.5 Å². The summed E-state index contributed by atoms with van der Waals surface area (Å²) in [6.45, 7) is 1.10. The molecule has 0 saturated carbocycles. The van der Waals surface area contributed by atoms with Gasteiger partial charge in [-0.15, -0.1) is 0 Å². The van der Waals surface area contributed by atoms with Gasteiger partial charge in [0.1, 0.15) is 10.8 Å². The third-order valence-corrected chi connectivity index (χ3v) is 7.20. The van der Waals surface area contributed by atoms with Gasteiger partial charge in [-0.3, -0.25) is 0 Å². The average Bonchev–Trinajstić information content (AvgIpc) is 2.97. The zero-order valence-electron chi connectivity index (χ0n) is 22.2. The number of aromatic nitrogens is 1. The van der Waals surface area contributed by atoms with Crippen molar-refractivity contribution in [2.75, 3.05) is 22.6 Å². The molecule has 228 valence electrons. The first-order chi connectivity index (χ1) is 20.4. The number of carbonyl (C=O) groups excluding carboxylic acids is 2. The van der Waals surface area contributed by atoms with E-state index in [0.717, 1.165) is 17.0 Å². The Morgan fingerprint density at radius 1 is 1.19 bits per heavy atom. The van der Waals surface area contributed by atoms with E-state index >= 15 is 0 Å². The molecule has 43 heavy (non-hydrogen) atoms. The van der Waals surface area contributed by atoms with Crippen molar-refractivity contribution >= 4 is 48.7 Å². The number of hydrogen-bond donors (Lipinski definition) is 4. The van der Waals surface area contributed by atoms with Crippen LogP contribution in [0.25, 0.3) is 0 Å². The second kappa shape index (κ2) is 13.5. The summed E-state index contributed by atoms with van der Waals surface area (Å²) in [4.78, 5) is 63.0. The normalized spacial score (nSPS) is 17.1. The van der Waals surface area contributed by atoms with Gasteiger partial charge in [0.25, 0.3) is 0 Å². The summed E-state index contributed by atoms with van der Waals surface area (Å²) >= 11 is 6.04. The molecule has 0 radical (unpaired) electrons. The number of nitroso groups, excluding NO2 is 1. The van der Waals surface area contributed by atoms with Crippen molar-refractivity contribution in [1.82, 2.24) is 4.98 Å². The molecule has 17 heteroatoms. The van der Waals surface area contributed by atoms with E-state index in [-0.39, 0.29) is 45.9 Å². The van der Waals surface area contributed by atoms with E-state index in [1.54, 1.807) is 6.92 Å². The third-order valence-electron chi connectivity index (χ3n) is 6.05. The van der Waals surface area contributed by atoms with Crippen molar-refractivity contribution in [3.05, 3.63) is 88.1 Å². The number of rotatable bonds is 11. The van der Waals surface area contributed by atoms with Gasteiger partial charge in [-0.2, -0.15) is 0 Å². The van der Waals surface area contributed by atoms with Crippen LogP contribution in [0.3, 0.4) is 0 Å². The monoisotopic (exact) mass is 639 g/mol. The topological polar surface area (TPSA) is 186 Å². The molecule has 0 fully saturated rings. The van der Waals surface area contributed by atoms with Gasteiger partial charge < -0.3 is 10.5 Å². The predicted octanol–water partition coefficient (Wildman–Crippen LogP) is 4.59. The first kappa shape index (κ1) is 31.8. The molecule has 0 spiro atoms. The molecule has 1 aliphatic rings. The summed E-state index contributed by atoms with van der Waals surface area (Å²) in [5.74, 6) is -4.87. The number of nitrogens with zero attached hydrogens (tertiary/aromatic N) is 3. The second-order valence-electron chi connectivity index (χ2n) is 8.92. The Morgan fingerprint density at radius 3 is 2.65 bits per heavy atom. The molecule has 2 atom stereocenters. The van der Waals surface area contributed by atoms with Gasteiger partial charge in [0.05, 0.1) is 0 Å². The average molecular weight is 640 g/mol. The van der Waals surface area contributed by atoms with E-state index < -0.39 is 50.2 Å². The zero-order chi connectivity index (χ0) is 31.3. The van der Waals surface area contributed by atoms with E-state index in [9.17, 15) is 33.1 Å². The summed E-state index contributed by atoms with van der Waals surface area (Å²) in [5, 5.41) is 2.49. The quantitative estimate of drug-likeness (QED) is 0.131. The number of nitrogen functional groups attached to an aromatic ring is 1. The van der Waals surface area contributed by atoms with Gasteiger partial charge in [0, 0.05) is 12.3 Å². The van der Waals surface area contributed by atoms with E-state index in [0.29, 0.717) is 0 Å². The molecule has 0 saturated heterocycles. The Morgan fingerprint density at radius 2 is 1.95 bits per heavy atom. The minimum absolute atomic E-state index is 0.00463. The van der Waals surface area contributed by atoms with Gasteiger partial charge >= 0.3 is 171 Å². The summed E-state index contributed by atoms with van der Waals surface area (Å²) in [6.07, 6.45) is 3.12. The standard InChI is InChI=1S/C26H25ClF2N5O8P/c1-2-40-20-8-10-34(16-4-5-17(28)14(11-16)13-41-43(38,39)33-37)26(36)22(20)25(35)32-15-3-6-19(18(29)12-15)42-21-7-9-31-24(30)23(21)27/h3-12,20,22,38-39,43H,2,13H2,1H3,(H2,30,31)(H,32,35). The summed E-state index contributed by atoms with van der Waals surface area (Å²) in [6, 6.07) is 8.36. The zero-order valence-corrected chi connectivity index (χ0v) is 24.0. The van der Waals surface area contributed by atoms with Crippen LogP contribution in [-0.2, 0) is 25.5 Å². The summed E-state index contributed by atoms with van der Waals surface area (Å²) < 4.78 is 44.9. The van der Waals surface area contributed by atoms with Crippen LogP contribution in [0.5, 0.6) is 11.5 Å².